The monoisotopic (exact) mass is 238 g/mol. The summed E-state index contributed by atoms with van der Waals surface area (Å²) in [6.45, 7) is 5.46. The largest absolute Gasteiger partial charge is 0.481 e. The van der Waals surface area contributed by atoms with Crippen LogP contribution in [0.5, 0.6) is 0 Å². The lowest BCUT2D eigenvalue weighted by Gasteiger charge is -2.17. The number of carboxylic acids is 1. The molecule has 0 bridgehead atoms. The van der Waals surface area contributed by atoms with Crippen LogP contribution in [0.3, 0.4) is 0 Å². The van der Waals surface area contributed by atoms with Crippen molar-refractivity contribution in [1.82, 2.24) is 0 Å². The second-order valence-electron chi connectivity index (χ2n) is 3.90. The molecular weight excluding hydrogens is 219 g/mol. The van der Waals surface area contributed by atoms with E-state index in [-0.39, 0.29) is 18.7 Å². The van der Waals surface area contributed by atoms with Crippen LogP contribution in [0.4, 0.5) is 0 Å². The Balaban J connectivity index is 4.40. The molecule has 0 saturated carbocycles. The molecule has 2 unspecified atom stereocenters. The number of carboxylic acid groups (broad SMARTS) is 1. The van der Waals surface area contributed by atoms with E-state index in [2.05, 4.69) is 4.52 Å². The Hall–Kier alpha value is -0.380. The van der Waals surface area contributed by atoms with Crippen molar-refractivity contribution in [1.29, 1.82) is 0 Å². The lowest BCUT2D eigenvalue weighted by Crippen LogP contribution is -2.20. The van der Waals surface area contributed by atoms with Gasteiger partial charge in [0.25, 0.3) is 0 Å². The maximum atomic E-state index is 11.4. The van der Waals surface area contributed by atoms with E-state index >= 15 is 0 Å². The molecule has 0 aliphatic carbocycles. The van der Waals surface area contributed by atoms with Gasteiger partial charge < -0.3 is 14.5 Å². The molecule has 2 atom stereocenters. The lowest BCUT2D eigenvalue weighted by atomic mass is 9.99. The Bertz CT molecular complexity index is 251. The lowest BCUT2D eigenvalue weighted by molar-refractivity contribution is -0.141. The topological polar surface area (TPSA) is 83.8 Å². The molecule has 90 valence electrons. The molecule has 6 heteroatoms. The summed E-state index contributed by atoms with van der Waals surface area (Å²) in [4.78, 5) is 20.1. The minimum Gasteiger partial charge on any atom is -0.481 e. The molecule has 0 rings (SSSR count). The molecule has 15 heavy (non-hydrogen) atoms. The van der Waals surface area contributed by atoms with E-state index in [1.54, 1.807) is 6.92 Å². The molecule has 0 saturated heterocycles. The zero-order valence-electron chi connectivity index (χ0n) is 9.34. The van der Waals surface area contributed by atoms with Gasteiger partial charge in [0.2, 0.25) is 0 Å². The average Bonchev–Trinajstić information content (AvgIpc) is 2.00. The van der Waals surface area contributed by atoms with Crippen molar-refractivity contribution in [3.8, 4) is 0 Å². The molecule has 0 aliphatic heterocycles. The van der Waals surface area contributed by atoms with E-state index < -0.39 is 19.5 Å². The Morgan fingerprint density at radius 3 is 2.33 bits per heavy atom. The minimum absolute atomic E-state index is 0.113. The van der Waals surface area contributed by atoms with Crippen molar-refractivity contribution in [2.75, 3.05) is 12.8 Å². The second kappa shape index (κ2) is 6.26. The molecule has 0 heterocycles. The van der Waals surface area contributed by atoms with E-state index in [9.17, 15) is 14.3 Å². The third-order valence-electron chi connectivity index (χ3n) is 1.89. The number of rotatable bonds is 7. The van der Waals surface area contributed by atoms with Gasteiger partial charge in [0, 0.05) is 0 Å². The van der Waals surface area contributed by atoms with Gasteiger partial charge in [-0.05, 0) is 19.3 Å². The van der Waals surface area contributed by atoms with Crippen LogP contribution in [0.15, 0.2) is 0 Å². The second-order valence-corrected chi connectivity index (χ2v) is 5.80. The zero-order valence-corrected chi connectivity index (χ0v) is 10.2. The normalized spacial score (nSPS) is 17.4. The quantitative estimate of drug-likeness (QED) is 0.662. The van der Waals surface area contributed by atoms with Crippen LogP contribution in [-0.4, -0.2) is 28.7 Å². The maximum absolute atomic E-state index is 11.4. The summed E-state index contributed by atoms with van der Waals surface area (Å²) < 4.78 is 16.0. The van der Waals surface area contributed by atoms with E-state index in [1.165, 1.54) is 0 Å². The number of aliphatic carboxylic acids is 1. The predicted octanol–water partition coefficient (Wildman–Crippen LogP) is 1.96. The summed E-state index contributed by atoms with van der Waals surface area (Å²) in [5.41, 5.74) is 0. The van der Waals surface area contributed by atoms with Crippen molar-refractivity contribution in [3.63, 3.8) is 0 Å². The molecule has 0 aromatic heterocycles. The highest BCUT2D eigenvalue weighted by atomic mass is 31.2. The average molecular weight is 238 g/mol. The molecular formula is C9H19O5P. The molecule has 5 nitrogen and oxygen atoms in total. The number of carbonyl (C=O) groups is 1. The Kier molecular flexibility index (Phi) is 6.10. The predicted molar refractivity (Wildman–Crippen MR) is 56.9 cm³/mol. The van der Waals surface area contributed by atoms with Gasteiger partial charge in [0.1, 0.15) is 0 Å². The molecule has 0 fully saturated rings. The standard InChI is InChI=1S/C9H19O5P/c1-4-14-15(12,13)6-8(9(10)11)5-7(2)3/h7-8H,4-6H2,1-3H3,(H,10,11)(H,12,13). The van der Waals surface area contributed by atoms with Crippen LogP contribution in [0.25, 0.3) is 0 Å². The fraction of sp³-hybridized carbons (Fsp3) is 0.889. The van der Waals surface area contributed by atoms with Gasteiger partial charge >= 0.3 is 13.6 Å². The van der Waals surface area contributed by atoms with Crippen LogP contribution in [-0.2, 0) is 13.9 Å². The van der Waals surface area contributed by atoms with E-state index in [1.807, 2.05) is 13.8 Å². The van der Waals surface area contributed by atoms with Crippen LogP contribution < -0.4 is 0 Å². The van der Waals surface area contributed by atoms with Crippen LogP contribution in [0.1, 0.15) is 27.2 Å². The summed E-state index contributed by atoms with van der Waals surface area (Å²) in [6, 6.07) is 0. The van der Waals surface area contributed by atoms with Crippen molar-refractivity contribution < 1.29 is 23.9 Å². The van der Waals surface area contributed by atoms with Gasteiger partial charge in [-0.1, -0.05) is 13.8 Å². The highest BCUT2D eigenvalue weighted by molar-refractivity contribution is 7.52. The Labute approximate surface area is 90.0 Å². The summed E-state index contributed by atoms with van der Waals surface area (Å²) in [5.74, 6) is -1.68. The van der Waals surface area contributed by atoms with E-state index in [0.717, 1.165) is 0 Å². The minimum atomic E-state index is -3.74. The first-order valence-electron chi connectivity index (χ1n) is 4.97. The summed E-state index contributed by atoms with van der Waals surface area (Å²) in [5, 5.41) is 8.87. The first-order chi connectivity index (χ1) is 6.78. The van der Waals surface area contributed by atoms with Gasteiger partial charge in [-0.25, -0.2) is 0 Å². The van der Waals surface area contributed by atoms with Gasteiger partial charge in [-0.3, -0.25) is 9.36 Å². The summed E-state index contributed by atoms with van der Waals surface area (Å²) in [6.07, 6.45) is 0.0707. The first kappa shape index (κ1) is 14.6. The highest BCUT2D eigenvalue weighted by Crippen LogP contribution is 2.44. The fourth-order valence-corrected chi connectivity index (χ4v) is 2.73. The molecule has 0 aliphatic rings. The van der Waals surface area contributed by atoms with Crippen molar-refractivity contribution in [2.45, 2.75) is 27.2 Å². The SMILES string of the molecule is CCOP(=O)(O)CC(CC(C)C)C(=O)O. The van der Waals surface area contributed by atoms with Crippen LogP contribution >= 0.6 is 7.60 Å². The molecule has 0 aromatic carbocycles. The Morgan fingerprint density at radius 2 is 2.00 bits per heavy atom. The molecule has 0 amide bonds. The number of hydrogen-bond donors (Lipinski definition) is 2. The van der Waals surface area contributed by atoms with Crippen molar-refractivity contribution in [2.24, 2.45) is 11.8 Å². The smallest absolute Gasteiger partial charge is 0.328 e. The first-order valence-corrected chi connectivity index (χ1v) is 6.74. The van der Waals surface area contributed by atoms with E-state index in [4.69, 9.17) is 5.11 Å². The Morgan fingerprint density at radius 1 is 1.47 bits per heavy atom. The zero-order chi connectivity index (χ0) is 12.1. The third-order valence-corrected chi connectivity index (χ3v) is 3.45. The summed E-state index contributed by atoms with van der Waals surface area (Å²) in [7, 11) is -3.74. The molecule has 0 aromatic rings. The summed E-state index contributed by atoms with van der Waals surface area (Å²) >= 11 is 0. The van der Waals surface area contributed by atoms with Gasteiger partial charge in [-0.15, -0.1) is 0 Å². The third kappa shape index (κ3) is 6.66. The number of hydrogen-bond acceptors (Lipinski definition) is 3. The van der Waals surface area contributed by atoms with Gasteiger partial charge in [0.15, 0.2) is 0 Å². The van der Waals surface area contributed by atoms with Crippen molar-refractivity contribution in [3.05, 3.63) is 0 Å². The fourth-order valence-electron chi connectivity index (χ4n) is 1.36. The molecule has 0 spiro atoms. The highest BCUT2D eigenvalue weighted by Gasteiger charge is 2.29. The van der Waals surface area contributed by atoms with Crippen LogP contribution in [0.2, 0.25) is 0 Å². The van der Waals surface area contributed by atoms with E-state index in [0.29, 0.717) is 6.42 Å². The van der Waals surface area contributed by atoms with Gasteiger partial charge in [-0.2, -0.15) is 0 Å². The maximum Gasteiger partial charge on any atom is 0.328 e. The van der Waals surface area contributed by atoms with Gasteiger partial charge in [0.05, 0.1) is 18.7 Å². The van der Waals surface area contributed by atoms with Crippen LogP contribution in [0, 0.1) is 11.8 Å². The van der Waals surface area contributed by atoms with Crippen molar-refractivity contribution >= 4 is 13.6 Å². The molecule has 2 N–H and O–H groups in total. The molecule has 0 radical (unpaired) electrons.